The van der Waals surface area contributed by atoms with Gasteiger partial charge in [0, 0.05) is 20.1 Å². The van der Waals surface area contributed by atoms with Crippen molar-refractivity contribution in [2.45, 2.75) is 13.0 Å². The fraction of sp³-hybridized carbons (Fsp3) is 0.462. The number of amides is 1. The second-order valence-corrected chi connectivity index (χ2v) is 4.11. The van der Waals surface area contributed by atoms with E-state index in [4.69, 9.17) is 0 Å². The highest BCUT2D eigenvalue weighted by Crippen LogP contribution is 2.12. The Morgan fingerprint density at radius 1 is 1.56 bits per heavy atom. The number of nitrogens with one attached hydrogen (secondary N) is 1. The van der Waals surface area contributed by atoms with Crippen molar-refractivity contribution in [3.05, 3.63) is 35.6 Å². The lowest BCUT2D eigenvalue weighted by atomic mass is 10.1. The molecule has 5 heteroatoms. The Morgan fingerprint density at radius 2 is 2.28 bits per heavy atom. The molecule has 100 valence electrons. The maximum absolute atomic E-state index is 12.9. The summed E-state index contributed by atoms with van der Waals surface area (Å²) in [6.07, 6.45) is -0.819. The summed E-state index contributed by atoms with van der Waals surface area (Å²) in [5, 5.41) is 12.7. The SMILES string of the molecule is CCN(C)C(=O)CNCC(O)c1cccc(F)c1. The number of benzene rings is 1. The van der Waals surface area contributed by atoms with Gasteiger partial charge in [-0.15, -0.1) is 0 Å². The van der Waals surface area contributed by atoms with Crippen LogP contribution in [-0.4, -0.2) is 42.6 Å². The summed E-state index contributed by atoms with van der Waals surface area (Å²) in [7, 11) is 1.72. The van der Waals surface area contributed by atoms with Gasteiger partial charge in [-0.3, -0.25) is 4.79 Å². The number of likely N-dealkylation sites (N-methyl/N-ethyl adjacent to an activating group) is 1. The molecule has 0 aliphatic carbocycles. The highest BCUT2D eigenvalue weighted by atomic mass is 19.1. The second-order valence-electron chi connectivity index (χ2n) is 4.11. The smallest absolute Gasteiger partial charge is 0.236 e. The third kappa shape index (κ3) is 4.43. The van der Waals surface area contributed by atoms with Crippen LogP contribution in [-0.2, 0) is 4.79 Å². The molecule has 1 atom stereocenters. The maximum Gasteiger partial charge on any atom is 0.236 e. The molecule has 1 aromatic carbocycles. The molecule has 0 radical (unpaired) electrons. The molecule has 1 aromatic rings. The predicted octanol–water partition coefficient (Wildman–Crippen LogP) is 0.927. The van der Waals surface area contributed by atoms with E-state index in [9.17, 15) is 14.3 Å². The average molecular weight is 254 g/mol. The summed E-state index contributed by atoms with van der Waals surface area (Å²) in [6, 6.07) is 5.80. The van der Waals surface area contributed by atoms with Gasteiger partial charge >= 0.3 is 0 Å². The lowest BCUT2D eigenvalue weighted by Crippen LogP contribution is -2.36. The Labute approximate surface area is 106 Å². The van der Waals surface area contributed by atoms with E-state index in [1.54, 1.807) is 24.1 Å². The molecule has 0 bridgehead atoms. The monoisotopic (exact) mass is 254 g/mol. The van der Waals surface area contributed by atoms with Gasteiger partial charge in [-0.05, 0) is 24.6 Å². The minimum atomic E-state index is -0.819. The molecule has 18 heavy (non-hydrogen) atoms. The number of rotatable bonds is 6. The molecule has 1 rings (SSSR count). The molecule has 0 aromatic heterocycles. The largest absolute Gasteiger partial charge is 0.387 e. The van der Waals surface area contributed by atoms with Crippen molar-refractivity contribution in [3.8, 4) is 0 Å². The van der Waals surface area contributed by atoms with Crippen molar-refractivity contribution in [2.75, 3.05) is 26.7 Å². The van der Waals surface area contributed by atoms with Crippen molar-refractivity contribution >= 4 is 5.91 Å². The average Bonchev–Trinajstić information content (AvgIpc) is 2.37. The van der Waals surface area contributed by atoms with E-state index in [2.05, 4.69) is 5.32 Å². The maximum atomic E-state index is 12.9. The molecule has 4 nitrogen and oxygen atoms in total. The third-order valence-corrected chi connectivity index (χ3v) is 2.75. The van der Waals surface area contributed by atoms with Crippen LogP contribution in [0.5, 0.6) is 0 Å². The molecule has 1 unspecified atom stereocenters. The van der Waals surface area contributed by atoms with Crippen LogP contribution in [0.25, 0.3) is 0 Å². The van der Waals surface area contributed by atoms with Gasteiger partial charge in [-0.1, -0.05) is 12.1 Å². The normalized spacial score (nSPS) is 12.2. The summed E-state index contributed by atoms with van der Waals surface area (Å²) in [6.45, 7) is 2.91. The van der Waals surface area contributed by atoms with E-state index in [-0.39, 0.29) is 24.8 Å². The summed E-state index contributed by atoms with van der Waals surface area (Å²) in [5.74, 6) is -0.419. The molecular weight excluding hydrogens is 235 g/mol. The van der Waals surface area contributed by atoms with Gasteiger partial charge in [0.2, 0.25) is 5.91 Å². The van der Waals surface area contributed by atoms with E-state index in [0.717, 1.165) is 0 Å². The summed E-state index contributed by atoms with van der Waals surface area (Å²) in [5.41, 5.74) is 0.499. The van der Waals surface area contributed by atoms with Gasteiger partial charge in [0.05, 0.1) is 12.6 Å². The minimum absolute atomic E-state index is 0.0380. The summed E-state index contributed by atoms with van der Waals surface area (Å²) in [4.78, 5) is 13.1. The molecule has 0 saturated carbocycles. The van der Waals surface area contributed by atoms with Crippen LogP contribution in [0.1, 0.15) is 18.6 Å². The number of nitrogens with zero attached hydrogens (tertiary/aromatic N) is 1. The van der Waals surface area contributed by atoms with Gasteiger partial charge in [-0.25, -0.2) is 4.39 Å². The van der Waals surface area contributed by atoms with Crippen LogP contribution in [0.3, 0.4) is 0 Å². The summed E-state index contributed by atoms with van der Waals surface area (Å²) < 4.78 is 12.9. The van der Waals surface area contributed by atoms with Crippen LogP contribution >= 0.6 is 0 Å². The van der Waals surface area contributed by atoms with E-state index < -0.39 is 6.10 Å². The molecule has 2 N–H and O–H groups in total. The van der Waals surface area contributed by atoms with Gasteiger partial charge < -0.3 is 15.3 Å². The van der Waals surface area contributed by atoms with E-state index >= 15 is 0 Å². The first-order valence-corrected chi connectivity index (χ1v) is 5.92. The topological polar surface area (TPSA) is 52.6 Å². The Bertz CT molecular complexity index is 398. The second kappa shape index (κ2) is 7.08. The first-order valence-electron chi connectivity index (χ1n) is 5.92. The van der Waals surface area contributed by atoms with Crippen LogP contribution < -0.4 is 5.32 Å². The van der Waals surface area contributed by atoms with Crippen molar-refractivity contribution in [3.63, 3.8) is 0 Å². The van der Waals surface area contributed by atoms with E-state index in [1.807, 2.05) is 6.92 Å². The highest BCUT2D eigenvalue weighted by Gasteiger charge is 2.10. The number of hydrogen-bond acceptors (Lipinski definition) is 3. The zero-order chi connectivity index (χ0) is 13.5. The first kappa shape index (κ1) is 14.6. The number of carbonyl (C=O) groups is 1. The van der Waals surface area contributed by atoms with Gasteiger partial charge in [0.15, 0.2) is 0 Å². The standard InChI is InChI=1S/C13H19FN2O2/c1-3-16(2)13(18)9-15-8-12(17)10-5-4-6-11(14)7-10/h4-7,12,15,17H,3,8-9H2,1-2H3. The Hall–Kier alpha value is -1.46. The minimum Gasteiger partial charge on any atom is -0.387 e. The first-order chi connectivity index (χ1) is 8.54. The number of aliphatic hydroxyl groups is 1. The van der Waals surface area contributed by atoms with Gasteiger partial charge in [0.1, 0.15) is 5.82 Å². The summed E-state index contributed by atoms with van der Waals surface area (Å²) >= 11 is 0. The van der Waals surface area contributed by atoms with E-state index in [0.29, 0.717) is 12.1 Å². The van der Waals surface area contributed by atoms with Gasteiger partial charge in [-0.2, -0.15) is 0 Å². The lowest BCUT2D eigenvalue weighted by Gasteiger charge is -2.16. The fourth-order valence-electron chi connectivity index (χ4n) is 1.46. The Morgan fingerprint density at radius 3 is 2.89 bits per heavy atom. The van der Waals surface area contributed by atoms with Crippen molar-refractivity contribution < 1.29 is 14.3 Å². The van der Waals surface area contributed by atoms with Crippen LogP contribution in [0.15, 0.2) is 24.3 Å². The molecule has 1 amide bonds. The third-order valence-electron chi connectivity index (χ3n) is 2.75. The zero-order valence-electron chi connectivity index (χ0n) is 10.7. The highest BCUT2D eigenvalue weighted by molar-refractivity contribution is 5.77. The zero-order valence-corrected chi connectivity index (χ0v) is 10.7. The number of aliphatic hydroxyl groups excluding tert-OH is 1. The van der Waals surface area contributed by atoms with Crippen molar-refractivity contribution in [1.82, 2.24) is 10.2 Å². The molecule has 0 aliphatic rings. The molecule has 0 fully saturated rings. The van der Waals surface area contributed by atoms with Crippen molar-refractivity contribution in [2.24, 2.45) is 0 Å². The molecule has 0 spiro atoms. The van der Waals surface area contributed by atoms with Crippen LogP contribution in [0.2, 0.25) is 0 Å². The fourth-order valence-corrected chi connectivity index (χ4v) is 1.46. The molecular formula is C13H19FN2O2. The van der Waals surface area contributed by atoms with E-state index in [1.165, 1.54) is 12.1 Å². The predicted molar refractivity (Wildman–Crippen MR) is 67.5 cm³/mol. The number of hydrogen-bond donors (Lipinski definition) is 2. The quantitative estimate of drug-likeness (QED) is 0.794. The molecule has 0 aliphatic heterocycles. The van der Waals surface area contributed by atoms with Gasteiger partial charge in [0.25, 0.3) is 0 Å². The van der Waals surface area contributed by atoms with Crippen molar-refractivity contribution in [1.29, 1.82) is 0 Å². The lowest BCUT2D eigenvalue weighted by molar-refractivity contribution is -0.128. The Kier molecular flexibility index (Phi) is 5.74. The van der Waals surface area contributed by atoms with Crippen LogP contribution in [0, 0.1) is 5.82 Å². The Balaban J connectivity index is 2.38. The van der Waals surface area contributed by atoms with Crippen LogP contribution in [0.4, 0.5) is 4.39 Å². The molecule has 0 saturated heterocycles. The molecule has 0 heterocycles. The number of carbonyl (C=O) groups excluding carboxylic acids is 1. The number of halogens is 1.